The number of hydrogen-bond donors (Lipinski definition) is 1. The first kappa shape index (κ1) is 12.7. The van der Waals surface area contributed by atoms with E-state index in [9.17, 15) is 0 Å². The quantitative estimate of drug-likeness (QED) is 0.931. The standard InChI is InChI=1S/C14H17N3OS/c1-14(4-6-18-10-14)17-9-12-8-16-13(19-12)11-3-2-5-15-7-11/h2-3,5,7-8,17H,4,6,9-10H2,1H3/t14-/m0/s1. The van der Waals surface area contributed by atoms with Gasteiger partial charge in [-0.15, -0.1) is 11.3 Å². The third kappa shape index (κ3) is 3.00. The number of thiazole rings is 1. The summed E-state index contributed by atoms with van der Waals surface area (Å²) >= 11 is 1.71. The smallest absolute Gasteiger partial charge is 0.125 e. The lowest BCUT2D eigenvalue weighted by atomic mass is 10.0. The third-order valence-electron chi connectivity index (χ3n) is 3.37. The van der Waals surface area contributed by atoms with Crippen LogP contribution >= 0.6 is 11.3 Å². The Hall–Kier alpha value is -1.30. The Morgan fingerprint density at radius 1 is 1.47 bits per heavy atom. The highest BCUT2D eigenvalue weighted by Gasteiger charge is 2.28. The molecule has 1 aliphatic heterocycles. The molecule has 3 heterocycles. The van der Waals surface area contributed by atoms with E-state index in [1.807, 2.05) is 24.5 Å². The number of nitrogens with zero attached hydrogens (tertiary/aromatic N) is 2. The number of aromatic nitrogens is 2. The van der Waals surface area contributed by atoms with Gasteiger partial charge in [0.05, 0.1) is 6.61 Å². The summed E-state index contributed by atoms with van der Waals surface area (Å²) in [6, 6.07) is 3.97. The van der Waals surface area contributed by atoms with Crippen LogP contribution in [0.2, 0.25) is 0 Å². The Morgan fingerprint density at radius 2 is 2.42 bits per heavy atom. The van der Waals surface area contributed by atoms with Crippen molar-refractivity contribution in [3.63, 3.8) is 0 Å². The Morgan fingerprint density at radius 3 is 3.16 bits per heavy atom. The zero-order valence-corrected chi connectivity index (χ0v) is 11.7. The number of hydrogen-bond acceptors (Lipinski definition) is 5. The molecule has 4 nitrogen and oxygen atoms in total. The predicted octanol–water partition coefficient (Wildman–Crippen LogP) is 2.47. The van der Waals surface area contributed by atoms with E-state index in [0.29, 0.717) is 0 Å². The molecule has 0 aromatic carbocycles. The summed E-state index contributed by atoms with van der Waals surface area (Å²) in [5.74, 6) is 0. The number of nitrogens with one attached hydrogen (secondary N) is 1. The van der Waals surface area contributed by atoms with E-state index < -0.39 is 0 Å². The minimum Gasteiger partial charge on any atom is -0.379 e. The van der Waals surface area contributed by atoms with Crippen molar-refractivity contribution in [3.8, 4) is 10.6 Å². The summed E-state index contributed by atoms with van der Waals surface area (Å²) in [5.41, 5.74) is 1.19. The van der Waals surface area contributed by atoms with Gasteiger partial charge in [-0.25, -0.2) is 4.98 Å². The highest BCUT2D eigenvalue weighted by atomic mass is 32.1. The second-order valence-electron chi connectivity index (χ2n) is 5.09. The molecule has 1 atom stereocenters. The number of pyridine rings is 1. The zero-order chi connectivity index (χ0) is 13.1. The van der Waals surface area contributed by atoms with E-state index in [-0.39, 0.29) is 5.54 Å². The maximum absolute atomic E-state index is 5.44. The van der Waals surface area contributed by atoms with Crippen molar-refractivity contribution < 1.29 is 4.74 Å². The van der Waals surface area contributed by atoms with E-state index in [4.69, 9.17) is 4.74 Å². The molecule has 0 spiro atoms. The number of ether oxygens (including phenoxy) is 1. The van der Waals surface area contributed by atoms with Crippen LogP contribution in [0.3, 0.4) is 0 Å². The molecule has 1 fully saturated rings. The molecule has 3 rings (SSSR count). The Balaban J connectivity index is 1.65. The molecule has 0 radical (unpaired) electrons. The van der Waals surface area contributed by atoms with Crippen molar-refractivity contribution in [1.29, 1.82) is 0 Å². The molecule has 0 bridgehead atoms. The molecule has 0 saturated carbocycles. The fourth-order valence-corrected chi connectivity index (χ4v) is 2.96. The van der Waals surface area contributed by atoms with Gasteiger partial charge in [0, 0.05) is 47.7 Å². The molecular weight excluding hydrogens is 258 g/mol. The first-order valence-electron chi connectivity index (χ1n) is 6.43. The van der Waals surface area contributed by atoms with Crippen LogP contribution in [0, 0.1) is 0 Å². The van der Waals surface area contributed by atoms with Gasteiger partial charge in [0.25, 0.3) is 0 Å². The highest BCUT2D eigenvalue weighted by molar-refractivity contribution is 7.15. The summed E-state index contributed by atoms with van der Waals surface area (Å²) in [7, 11) is 0. The maximum atomic E-state index is 5.44. The Labute approximate surface area is 116 Å². The largest absolute Gasteiger partial charge is 0.379 e. The average molecular weight is 275 g/mol. The molecular formula is C14H17N3OS. The molecule has 2 aromatic heterocycles. The van der Waals surface area contributed by atoms with Gasteiger partial charge in [0.15, 0.2) is 0 Å². The maximum Gasteiger partial charge on any atom is 0.125 e. The van der Waals surface area contributed by atoms with Crippen LogP contribution in [0.25, 0.3) is 10.6 Å². The minimum absolute atomic E-state index is 0.110. The van der Waals surface area contributed by atoms with Gasteiger partial charge in [-0.05, 0) is 25.5 Å². The second kappa shape index (κ2) is 5.36. The summed E-state index contributed by atoms with van der Waals surface area (Å²) < 4.78 is 5.44. The molecule has 0 unspecified atom stereocenters. The van der Waals surface area contributed by atoms with Crippen molar-refractivity contribution in [2.24, 2.45) is 0 Å². The van der Waals surface area contributed by atoms with Crippen LogP contribution in [0.1, 0.15) is 18.2 Å². The Kier molecular flexibility index (Phi) is 3.59. The van der Waals surface area contributed by atoms with Crippen molar-refractivity contribution >= 4 is 11.3 Å². The lowest BCUT2D eigenvalue weighted by Crippen LogP contribution is -2.42. The second-order valence-corrected chi connectivity index (χ2v) is 6.21. The topological polar surface area (TPSA) is 47.0 Å². The molecule has 0 aliphatic carbocycles. The van der Waals surface area contributed by atoms with Gasteiger partial charge >= 0.3 is 0 Å². The van der Waals surface area contributed by atoms with Gasteiger partial charge < -0.3 is 10.1 Å². The first-order valence-corrected chi connectivity index (χ1v) is 7.25. The van der Waals surface area contributed by atoms with Gasteiger partial charge in [-0.3, -0.25) is 4.98 Å². The molecule has 1 N–H and O–H groups in total. The van der Waals surface area contributed by atoms with E-state index in [2.05, 4.69) is 22.2 Å². The van der Waals surface area contributed by atoms with Crippen LogP contribution in [0.15, 0.2) is 30.7 Å². The molecule has 19 heavy (non-hydrogen) atoms. The predicted molar refractivity (Wildman–Crippen MR) is 76.0 cm³/mol. The molecule has 1 saturated heterocycles. The first-order chi connectivity index (χ1) is 9.25. The Bertz CT molecular complexity index is 535. The van der Waals surface area contributed by atoms with E-state index in [0.717, 1.165) is 36.8 Å². The average Bonchev–Trinajstić information content (AvgIpc) is 3.07. The van der Waals surface area contributed by atoms with E-state index in [1.165, 1.54) is 4.88 Å². The van der Waals surface area contributed by atoms with Gasteiger partial charge in [0.1, 0.15) is 5.01 Å². The lowest BCUT2D eigenvalue weighted by Gasteiger charge is -2.22. The molecule has 2 aromatic rings. The summed E-state index contributed by atoms with van der Waals surface area (Å²) in [6.07, 6.45) is 6.64. The SMILES string of the molecule is C[C@]1(NCc2cnc(-c3cccnc3)s2)CCOC1. The van der Waals surface area contributed by atoms with E-state index >= 15 is 0 Å². The van der Waals surface area contributed by atoms with Crippen LogP contribution < -0.4 is 5.32 Å². The zero-order valence-electron chi connectivity index (χ0n) is 10.9. The van der Waals surface area contributed by atoms with Crippen LogP contribution in [0.4, 0.5) is 0 Å². The third-order valence-corrected chi connectivity index (χ3v) is 4.42. The van der Waals surface area contributed by atoms with Crippen molar-refractivity contribution in [3.05, 3.63) is 35.6 Å². The molecule has 1 aliphatic rings. The molecule has 100 valence electrons. The van der Waals surface area contributed by atoms with Crippen molar-refractivity contribution in [1.82, 2.24) is 15.3 Å². The van der Waals surface area contributed by atoms with Gasteiger partial charge in [-0.2, -0.15) is 0 Å². The monoisotopic (exact) mass is 275 g/mol. The summed E-state index contributed by atoms with van der Waals surface area (Å²) in [5, 5.41) is 4.59. The normalized spacial score (nSPS) is 22.8. The van der Waals surface area contributed by atoms with Crippen molar-refractivity contribution in [2.75, 3.05) is 13.2 Å². The molecule has 0 amide bonds. The van der Waals surface area contributed by atoms with Crippen LogP contribution in [0.5, 0.6) is 0 Å². The number of rotatable bonds is 4. The fourth-order valence-electron chi connectivity index (χ4n) is 2.12. The van der Waals surface area contributed by atoms with Crippen LogP contribution in [-0.4, -0.2) is 28.7 Å². The lowest BCUT2D eigenvalue weighted by molar-refractivity contribution is 0.171. The van der Waals surface area contributed by atoms with E-state index in [1.54, 1.807) is 17.5 Å². The van der Waals surface area contributed by atoms with Crippen molar-refractivity contribution in [2.45, 2.75) is 25.4 Å². The fraction of sp³-hybridized carbons (Fsp3) is 0.429. The highest BCUT2D eigenvalue weighted by Crippen LogP contribution is 2.25. The van der Waals surface area contributed by atoms with Gasteiger partial charge in [0.2, 0.25) is 0 Å². The van der Waals surface area contributed by atoms with Crippen LogP contribution in [-0.2, 0) is 11.3 Å². The van der Waals surface area contributed by atoms with Gasteiger partial charge in [-0.1, -0.05) is 0 Å². The molecule has 5 heteroatoms. The summed E-state index contributed by atoms with van der Waals surface area (Å²) in [6.45, 7) is 4.70. The summed E-state index contributed by atoms with van der Waals surface area (Å²) in [4.78, 5) is 9.83. The minimum atomic E-state index is 0.110.